The van der Waals surface area contributed by atoms with Gasteiger partial charge in [0.05, 0.1) is 13.2 Å². The summed E-state index contributed by atoms with van der Waals surface area (Å²) in [6.45, 7) is 10.3. The fourth-order valence-electron chi connectivity index (χ4n) is 3.62. The molecule has 0 bridgehead atoms. The van der Waals surface area contributed by atoms with Crippen molar-refractivity contribution in [1.29, 1.82) is 5.26 Å². The van der Waals surface area contributed by atoms with E-state index >= 15 is 0 Å². The Morgan fingerprint density at radius 2 is 1.93 bits per heavy atom. The third kappa shape index (κ3) is 4.87. The zero-order valence-electron chi connectivity index (χ0n) is 17.4. The SMILES string of the molecule is CCCn1c(C)cc(/C=C(\C#N)C(=O)Nc2ccc(N3CCOCC3)cc2)c1C. The summed E-state index contributed by atoms with van der Waals surface area (Å²) >= 11 is 0. The van der Waals surface area contributed by atoms with Gasteiger partial charge in [-0.2, -0.15) is 5.26 Å². The molecule has 0 spiro atoms. The van der Waals surface area contributed by atoms with E-state index in [1.165, 1.54) is 0 Å². The average Bonchev–Trinajstić information content (AvgIpc) is 3.00. The molecule has 29 heavy (non-hydrogen) atoms. The van der Waals surface area contributed by atoms with Gasteiger partial charge in [0, 0.05) is 42.4 Å². The Morgan fingerprint density at radius 3 is 2.55 bits per heavy atom. The van der Waals surface area contributed by atoms with Crippen LogP contribution in [-0.4, -0.2) is 36.8 Å². The van der Waals surface area contributed by atoms with Crippen molar-refractivity contribution in [1.82, 2.24) is 4.57 Å². The van der Waals surface area contributed by atoms with Gasteiger partial charge in [0.1, 0.15) is 11.6 Å². The van der Waals surface area contributed by atoms with E-state index in [1.807, 2.05) is 50.2 Å². The molecule has 1 amide bonds. The van der Waals surface area contributed by atoms with Crippen molar-refractivity contribution in [2.75, 3.05) is 36.5 Å². The molecule has 152 valence electrons. The van der Waals surface area contributed by atoms with E-state index < -0.39 is 5.91 Å². The number of hydrogen-bond acceptors (Lipinski definition) is 4. The molecule has 1 fully saturated rings. The van der Waals surface area contributed by atoms with Crippen molar-refractivity contribution in [3.8, 4) is 6.07 Å². The van der Waals surface area contributed by atoms with Gasteiger partial charge in [-0.05, 0) is 62.2 Å². The second-order valence-electron chi connectivity index (χ2n) is 7.25. The van der Waals surface area contributed by atoms with Gasteiger partial charge in [-0.1, -0.05) is 6.92 Å². The number of hydrogen-bond donors (Lipinski definition) is 1. The van der Waals surface area contributed by atoms with E-state index in [1.54, 1.807) is 6.08 Å². The molecule has 2 heterocycles. The van der Waals surface area contributed by atoms with Crippen LogP contribution in [0.1, 0.15) is 30.3 Å². The first-order chi connectivity index (χ1) is 14.0. The average molecular weight is 393 g/mol. The molecule has 6 heteroatoms. The molecule has 0 radical (unpaired) electrons. The van der Waals surface area contributed by atoms with Gasteiger partial charge in [-0.25, -0.2) is 0 Å². The number of ether oxygens (including phenoxy) is 1. The molecular formula is C23H28N4O2. The summed E-state index contributed by atoms with van der Waals surface area (Å²) in [5.74, 6) is -0.396. The zero-order valence-corrected chi connectivity index (χ0v) is 17.4. The number of amides is 1. The van der Waals surface area contributed by atoms with Crippen LogP contribution in [0.2, 0.25) is 0 Å². The molecule has 1 saturated heterocycles. The van der Waals surface area contributed by atoms with E-state index in [9.17, 15) is 10.1 Å². The molecular weight excluding hydrogens is 364 g/mol. The highest BCUT2D eigenvalue weighted by Crippen LogP contribution is 2.21. The summed E-state index contributed by atoms with van der Waals surface area (Å²) < 4.78 is 7.59. The highest BCUT2D eigenvalue weighted by atomic mass is 16.5. The summed E-state index contributed by atoms with van der Waals surface area (Å²) in [7, 11) is 0. The summed E-state index contributed by atoms with van der Waals surface area (Å²) in [5, 5.41) is 12.3. The predicted molar refractivity (Wildman–Crippen MR) is 116 cm³/mol. The third-order valence-corrected chi connectivity index (χ3v) is 5.23. The van der Waals surface area contributed by atoms with E-state index in [0.717, 1.165) is 61.9 Å². The molecule has 0 saturated carbocycles. The van der Waals surface area contributed by atoms with Crippen LogP contribution < -0.4 is 10.2 Å². The number of anilines is 2. The summed E-state index contributed by atoms with van der Waals surface area (Å²) in [4.78, 5) is 14.9. The van der Waals surface area contributed by atoms with Crippen LogP contribution in [0.25, 0.3) is 6.08 Å². The Labute approximate surface area is 172 Å². The van der Waals surface area contributed by atoms with Gasteiger partial charge < -0.3 is 19.5 Å². The Morgan fingerprint density at radius 1 is 1.24 bits per heavy atom. The van der Waals surface area contributed by atoms with Crippen LogP contribution in [0.4, 0.5) is 11.4 Å². The molecule has 1 aliphatic rings. The summed E-state index contributed by atoms with van der Waals surface area (Å²) in [5.41, 5.74) is 4.98. The number of aromatic nitrogens is 1. The van der Waals surface area contributed by atoms with Gasteiger partial charge in [-0.15, -0.1) is 0 Å². The number of nitrogens with zero attached hydrogens (tertiary/aromatic N) is 3. The minimum atomic E-state index is -0.396. The quantitative estimate of drug-likeness (QED) is 0.598. The van der Waals surface area contributed by atoms with E-state index in [0.29, 0.717) is 5.69 Å². The van der Waals surface area contributed by atoms with E-state index in [4.69, 9.17) is 4.74 Å². The van der Waals surface area contributed by atoms with Crippen LogP contribution in [0, 0.1) is 25.2 Å². The molecule has 1 aromatic carbocycles. The fourth-order valence-corrected chi connectivity index (χ4v) is 3.62. The maximum Gasteiger partial charge on any atom is 0.266 e. The third-order valence-electron chi connectivity index (χ3n) is 5.23. The van der Waals surface area contributed by atoms with E-state index in [-0.39, 0.29) is 5.57 Å². The standard InChI is InChI=1S/C23H28N4O2/c1-4-9-27-17(2)14-19(18(27)3)15-20(16-24)23(28)25-21-5-7-22(8-6-21)26-10-12-29-13-11-26/h5-8,14-15H,4,9-13H2,1-3H3,(H,25,28)/b20-15+. The Kier molecular flexibility index (Phi) is 6.73. The maximum absolute atomic E-state index is 12.6. The minimum absolute atomic E-state index is 0.0963. The topological polar surface area (TPSA) is 70.3 Å². The van der Waals surface area contributed by atoms with Crippen molar-refractivity contribution in [3.63, 3.8) is 0 Å². The van der Waals surface area contributed by atoms with Crippen LogP contribution in [0.3, 0.4) is 0 Å². The second kappa shape index (κ2) is 9.44. The normalized spacial score (nSPS) is 14.6. The summed E-state index contributed by atoms with van der Waals surface area (Å²) in [6, 6.07) is 11.8. The molecule has 0 unspecified atom stereocenters. The second-order valence-corrected chi connectivity index (χ2v) is 7.25. The van der Waals surface area contributed by atoms with Crippen LogP contribution in [-0.2, 0) is 16.1 Å². The number of morpholine rings is 1. The first-order valence-electron chi connectivity index (χ1n) is 10.1. The number of aryl methyl sites for hydroxylation is 1. The fraction of sp³-hybridized carbons (Fsp3) is 0.391. The Bertz CT molecular complexity index is 929. The minimum Gasteiger partial charge on any atom is -0.378 e. The molecule has 1 N–H and O–H groups in total. The molecule has 1 aliphatic heterocycles. The van der Waals surface area contributed by atoms with Crippen molar-refractivity contribution in [3.05, 3.63) is 52.9 Å². The first kappa shape index (κ1) is 20.7. The van der Waals surface area contributed by atoms with E-state index in [2.05, 4.69) is 21.7 Å². The van der Waals surface area contributed by atoms with Crippen molar-refractivity contribution < 1.29 is 9.53 Å². The van der Waals surface area contributed by atoms with Gasteiger partial charge in [0.2, 0.25) is 0 Å². The summed E-state index contributed by atoms with van der Waals surface area (Å²) in [6.07, 6.45) is 2.71. The lowest BCUT2D eigenvalue weighted by molar-refractivity contribution is -0.112. The Balaban J connectivity index is 1.72. The maximum atomic E-state index is 12.6. The number of nitriles is 1. The van der Waals surface area contributed by atoms with Gasteiger partial charge >= 0.3 is 0 Å². The number of benzene rings is 1. The van der Waals surface area contributed by atoms with Crippen molar-refractivity contribution >= 4 is 23.4 Å². The molecule has 6 nitrogen and oxygen atoms in total. The number of nitrogens with one attached hydrogen (secondary N) is 1. The van der Waals surface area contributed by atoms with Crippen molar-refractivity contribution in [2.45, 2.75) is 33.7 Å². The molecule has 1 aromatic heterocycles. The lowest BCUT2D eigenvalue weighted by Gasteiger charge is -2.28. The first-order valence-corrected chi connectivity index (χ1v) is 10.1. The largest absolute Gasteiger partial charge is 0.378 e. The molecule has 0 atom stereocenters. The lowest BCUT2D eigenvalue weighted by atomic mass is 10.1. The van der Waals surface area contributed by atoms with Gasteiger partial charge in [-0.3, -0.25) is 4.79 Å². The molecule has 3 rings (SSSR count). The molecule has 2 aromatic rings. The Hall–Kier alpha value is -3.04. The lowest BCUT2D eigenvalue weighted by Crippen LogP contribution is -2.36. The van der Waals surface area contributed by atoms with Gasteiger partial charge in [0.25, 0.3) is 5.91 Å². The number of carbonyl (C=O) groups is 1. The highest BCUT2D eigenvalue weighted by molar-refractivity contribution is 6.09. The van der Waals surface area contributed by atoms with Crippen molar-refractivity contribution in [2.24, 2.45) is 0 Å². The van der Waals surface area contributed by atoms with Gasteiger partial charge in [0.15, 0.2) is 0 Å². The number of rotatable bonds is 6. The predicted octanol–water partition coefficient (Wildman–Crippen LogP) is 3.90. The van der Waals surface area contributed by atoms with Crippen LogP contribution >= 0.6 is 0 Å². The smallest absolute Gasteiger partial charge is 0.266 e. The zero-order chi connectivity index (χ0) is 20.8. The molecule has 0 aliphatic carbocycles. The van der Waals surface area contributed by atoms with Crippen LogP contribution in [0.15, 0.2) is 35.9 Å². The number of carbonyl (C=O) groups excluding carboxylic acids is 1. The monoisotopic (exact) mass is 392 g/mol. The highest BCUT2D eigenvalue weighted by Gasteiger charge is 2.14. The van der Waals surface area contributed by atoms with Crippen LogP contribution in [0.5, 0.6) is 0 Å².